The number of carbonyl (C=O) groups excluding carboxylic acids is 1. The van der Waals surface area contributed by atoms with Crippen LogP contribution in [0.1, 0.15) is 32.6 Å². The molecule has 82 valence electrons. The summed E-state index contributed by atoms with van der Waals surface area (Å²) in [4.78, 5) is 12.8. The van der Waals surface area contributed by atoms with Crippen molar-refractivity contribution in [2.45, 2.75) is 38.1 Å². The van der Waals surface area contributed by atoms with Crippen LogP contribution in [-0.2, 0) is 0 Å². The second-order valence-electron chi connectivity index (χ2n) is 4.53. The lowest BCUT2D eigenvalue weighted by molar-refractivity contribution is 0.0889. The van der Waals surface area contributed by atoms with Crippen LogP contribution in [0.3, 0.4) is 0 Å². The summed E-state index contributed by atoms with van der Waals surface area (Å²) in [6.45, 7) is 2.72. The van der Waals surface area contributed by atoms with Gasteiger partial charge in [0.2, 0.25) is 0 Å². The smallest absolute Gasteiger partial charge is 0.315 e. The molecule has 0 radical (unpaired) electrons. The van der Waals surface area contributed by atoms with Gasteiger partial charge in [0.15, 0.2) is 0 Å². The lowest BCUT2D eigenvalue weighted by atomic mass is 9.75. The Morgan fingerprint density at radius 3 is 2.71 bits per heavy atom. The highest BCUT2D eigenvalue weighted by Crippen LogP contribution is 2.35. The maximum Gasteiger partial charge on any atom is 0.315 e. The third kappa shape index (κ3) is 2.00. The van der Waals surface area contributed by atoms with E-state index in [4.69, 9.17) is 11.5 Å². The molecule has 1 saturated carbocycles. The van der Waals surface area contributed by atoms with Gasteiger partial charge in [0, 0.05) is 13.6 Å². The van der Waals surface area contributed by atoms with Crippen molar-refractivity contribution in [3.8, 4) is 0 Å². The highest BCUT2D eigenvalue weighted by molar-refractivity contribution is 5.72. The summed E-state index contributed by atoms with van der Waals surface area (Å²) >= 11 is 0. The Balaban J connectivity index is 2.78. The van der Waals surface area contributed by atoms with Gasteiger partial charge in [-0.15, -0.1) is 0 Å². The fourth-order valence-corrected chi connectivity index (χ4v) is 2.49. The first-order valence-electron chi connectivity index (χ1n) is 5.25. The number of nitrogens with two attached hydrogens (primary N) is 2. The topological polar surface area (TPSA) is 72.3 Å². The molecule has 0 bridgehead atoms. The number of hydrogen-bond donors (Lipinski definition) is 2. The molecular weight excluding hydrogens is 178 g/mol. The van der Waals surface area contributed by atoms with Crippen LogP contribution in [0, 0.1) is 5.92 Å². The summed E-state index contributed by atoms with van der Waals surface area (Å²) in [6.07, 6.45) is 4.32. The van der Waals surface area contributed by atoms with Crippen molar-refractivity contribution in [2.24, 2.45) is 17.4 Å². The van der Waals surface area contributed by atoms with E-state index in [-0.39, 0.29) is 11.6 Å². The molecule has 4 heteroatoms. The fraction of sp³-hybridized carbons (Fsp3) is 0.900. The van der Waals surface area contributed by atoms with Crippen molar-refractivity contribution in [3.63, 3.8) is 0 Å². The highest BCUT2D eigenvalue weighted by atomic mass is 16.2. The van der Waals surface area contributed by atoms with Gasteiger partial charge in [-0.2, -0.15) is 0 Å². The molecule has 0 saturated heterocycles. The molecule has 0 aromatic rings. The normalized spacial score (nSPS) is 32.6. The standard InChI is InChI=1S/C10H21N3O/c1-8-4-3-5-10(6-8,7-11)13(2)9(12)14/h8H,3-7,11H2,1-2H3,(H2,12,14). The number of carbonyl (C=O) groups is 1. The first-order chi connectivity index (χ1) is 6.52. The molecule has 0 spiro atoms. The molecule has 4 nitrogen and oxygen atoms in total. The van der Waals surface area contributed by atoms with Gasteiger partial charge in [-0.25, -0.2) is 4.79 Å². The highest BCUT2D eigenvalue weighted by Gasteiger charge is 2.38. The van der Waals surface area contributed by atoms with E-state index < -0.39 is 0 Å². The lowest BCUT2D eigenvalue weighted by Crippen LogP contribution is -2.58. The number of hydrogen-bond acceptors (Lipinski definition) is 2. The van der Waals surface area contributed by atoms with E-state index in [1.807, 2.05) is 0 Å². The maximum absolute atomic E-state index is 11.2. The number of primary amides is 1. The van der Waals surface area contributed by atoms with Crippen molar-refractivity contribution >= 4 is 6.03 Å². The molecule has 1 aliphatic rings. The van der Waals surface area contributed by atoms with E-state index in [9.17, 15) is 4.79 Å². The minimum atomic E-state index is -0.371. The molecular formula is C10H21N3O. The molecule has 4 N–H and O–H groups in total. The van der Waals surface area contributed by atoms with Crippen LogP contribution in [-0.4, -0.2) is 30.1 Å². The van der Waals surface area contributed by atoms with Gasteiger partial charge in [-0.3, -0.25) is 0 Å². The second-order valence-corrected chi connectivity index (χ2v) is 4.53. The van der Waals surface area contributed by atoms with Gasteiger partial charge >= 0.3 is 6.03 Å². The quantitative estimate of drug-likeness (QED) is 0.693. The first kappa shape index (κ1) is 11.3. The van der Waals surface area contributed by atoms with Crippen molar-refractivity contribution in [1.82, 2.24) is 4.90 Å². The van der Waals surface area contributed by atoms with E-state index in [0.717, 1.165) is 19.3 Å². The van der Waals surface area contributed by atoms with Gasteiger partial charge < -0.3 is 16.4 Å². The number of rotatable bonds is 2. The molecule has 2 unspecified atom stereocenters. The van der Waals surface area contributed by atoms with Crippen LogP contribution in [0.25, 0.3) is 0 Å². The molecule has 1 fully saturated rings. The van der Waals surface area contributed by atoms with Gasteiger partial charge in [0.25, 0.3) is 0 Å². The first-order valence-corrected chi connectivity index (χ1v) is 5.25. The minimum absolute atomic E-state index is 0.191. The molecule has 0 heterocycles. The maximum atomic E-state index is 11.2. The minimum Gasteiger partial charge on any atom is -0.351 e. The zero-order valence-electron chi connectivity index (χ0n) is 9.12. The number of likely N-dealkylation sites (N-methyl/N-ethyl adjacent to an activating group) is 1. The summed E-state index contributed by atoms with van der Waals surface area (Å²) in [7, 11) is 1.76. The molecule has 2 atom stereocenters. The Morgan fingerprint density at radius 1 is 1.64 bits per heavy atom. The van der Waals surface area contributed by atoms with Crippen LogP contribution in [0.5, 0.6) is 0 Å². The van der Waals surface area contributed by atoms with Crippen molar-refractivity contribution in [3.05, 3.63) is 0 Å². The Bertz CT molecular complexity index is 219. The molecule has 1 aliphatic carbocycles. The zero-order valence-corrected chi connectivity index (χ0v) is 9.12. The van der Waals surface area contributed by atoms with E-state index >= 15 is 0 Å². The number of amides is 2. The Kier molecular flexibility index (Phi) is 3.37. The van der Waals surface area contributed by atoms with Gasteiger partial charge in [0.05, 0.1) is 5.54 Å². The molecule has 2 amide bonds. The predicted molar refractivity (Wildman–Crippen MR) is 56.8 cm³/mol. The van der Waals surface area contributed by atoms with E-state index in [2.05, 4.69) is 6.92 Å². The molecule has 0 aromatic carbocycles. The second kappa shape index (κ2) is 4.17. The zero-order chi connectivity index (χ0) is 10.8. The van der Waals surface area contributed by atoms with Crippen LogP contribution >= 0.6 is 0 Å². The third-order valence-corrected chi connectivity index (χ3v) is 3.49. The molecule has 1 rings (SSSR count). The summed E-state index contributed by atoms with van der Waals surface area (Å²) in [6, 6.07) is -0.371. The summed E-state index contributed by atoms with van der Waals surface area (Å²) in [5.74, 6) is 0.633. The van der Waals surface area contributed by atoms with E-state index in [1.54, 1.807) is 11.9 Å². The van der Waals surface area contributed by atoms with Crippen LogP contribution < -0.4 is 11.5 Å². The van der Waals surface area contributed by atoms with Gasteiger partial charge in [0.1, 0.15) is 0 Å². The summed E-state index contributed by atoms with van der Waals surface area (Å²) in [5.41, 5.74) is 10.9. The average Bonchev–Trinajstić information content (AvgIpc) is 2.16. The SMILES string of the molecule is CC1CCCC(CN)(N(C)C(N)=O)C1. The molecule has 0 aromatic heterocycles. The number of urea groups is 1. The molecule has 14 heavy (non-hydrogen) atoms. The third-order valence-electron chi connectivity index (χ3n) is 3.49. The fourth-order valence-electron chi connectivity index (χ4n) is 2.49. The molecule has 0 aliphatic heterocycles. The Hall–Kier alpha value is -0.770. The average molecular weight is 199 g/mol. The van der Waals surface area contributed by atoms with Crippen molar-refractivity contribution < 1.29 is 4.79 Å². The van der Waals surface area contributed by atoms with Crippen molar-refractivity contribution in [2.75, 3.05) is 13.6 Å². The van der Waals surface area contributed by atoms with E-state index in [1.165, 1.54) is 6.42 Å². The van der Waals surface area contributed by atoms with Crippen LogP contribution in [0.4, 0.5) is 4.79 Å². The summed E-state index contributed by atoms with van der Waals surface area (Å²) in [5, 5.41) is 0. The van der Waals surface area contributed by atoms with Gasteiger partial charge in [-0.1, -0.05) is 19.8 Å². The summed E-state index contributed by atoms with van der Waals surface area (Å²) < 4.78 is 0. The monoisotopic (exact) mass is 199 g/mol. The predicted octanol–water partition coefficient (Wildman–Crippen LogP) is 0.905. The Morgan fingerprint density at radius 2 is 2.29 bits per heavy atom. The number of nitrogens with zero attached hydrogens (tertiary/aromatic N) is 1. The lowest BCUT2D eigenvalue weighted by Gasteiger charge is -2.45. The Labute approximate surface area is 85.6 Å². The largest absolute Gasteiger partial charge is 0.351 e. The van der Waals surface area contributed by atoms with Gasteiger partial charge in [-0.05, 0) is 18.8 Å². The van der Waals surface area contributed by atoms with E-state index in [0.29, 0.717) is 12.5 Å². The van der Waals surface area contributed by atoms with Crippen LogP contribution in [0.2, 0.25) is 0 Å². The van der Waals surface area contributed by atoms with Crippen LogP contribution in [0.15, 0.2) is 0 Å². The van der Waals surface area contributed by atoms with Crippen molar-refractivity contribution in [1.29, 1.82) is 0 Å².